The quantitative estimate of drug-likeness (QED) is 0.823. The van der Waals surface area contributed by atoms with Crippen LogP contribution in [0.15, 0.2) is 48.7 Å². The van der Waals surface area contributed by atoms with Gasteiger partial charge in [-0.25, -0.2) is 0 Å². The van der Waals surface area contributed by atoms with Crippen LogP contribution < -0.4 is 11.1 Å². The van der Waals surface area contributed by atoms with Crippen molar-refractivity contribution in [1.82, 2.24) is 10.3 Å². The number of nitrogens with one attached hydrogen (secondary N) is 1. The van der Waals surface area contributed by atoms with E-state index in [0.717, 1.165) is 11.3 Å². The van der Waals surface area contributed by atoms with E-state index in [2.05, 4.69) is 10.3 Å². The van der Waals surface area contributed by atoms with Crippen molar-refractivity contribution in [3.05, 3.63) is 65.5 Å². The van der Waals surface area contributed by atoms with Crippen LogP contribution in [0.2, 0.25) is 0 Å². The Hall–Kier alpha value is -2.27. The van der Waals surface area contributed by atoms with Crippen molar-refractivity contribution in [1.29, 1.82) is 0 Å². The fraction of sp³-hybridized carbons (Fsp3) is 0.133. The molecular weight excluding hydrogens is 270 g/mol. The van der Waals surface area contributed by atoms with Gasteiger partial charge in [0.2, 0.25) is 0 Å². The highest BCUT2D eigenvalue weighted by molar-refractivity contribution is 7.80. The maximum atomic E-state index is 12.2. The van der Waals surface area contributed by atoms with E-state index >= 15 is 0 Å². The third-order valence-corrected chi connectivity index (χ3v) is 2.93. The number of nitrogens with zero attached hydrogens (tertiary/aromatic N) is 1. The maximum absolute atomic E-state index is 12.2. The number of aromatic nitrogens is 1. The molecule has 0 atom stereocenters. The number of hydrogen-bond donors (Lipinski definition) is 2. The molecule has 0 aliphatic rings. The van der Waals surface area contributed by atoms with Crippen LogP contribution in [0, 0.1) is 0 Å². The SMILES string of the molecule is NC(=S)Cc1ccccc1C(=O)NCc1ccccn1. The van der Waals surface area contributed by atoms with Gasteiger partial charge in [-0.2, -0.15) is 0 Å². The molecule has 0 fully saturated rings. The van der Waals surface area contributed by atoms with Crippen LogP contribution >= 0.6 is 12.2 Å². The Morgan fingerprint density at radius 1 is 1.20 bits per heavy atom. The number of pyridine rings is 1. The largest absolute Gasteiger partial charge is 0.393 e. The van der Waals surface area contributed by atoms with Crippen molar-refractivity contribution in [2.24, 2.45) is 5.73 Å². The summed E-state index contributed by atoms with van der Waals surface area (Å²) in [5, 5.41) is 2.84. The minimum absolute atomic E-state index is 0.150. The number of benzene rings is 1. The number of thiocarbonyl (C=S) groups is 1. The zero-order valence-corrected chi connectivity index (χ0v) is 11.7. The molecule has 0 unspecified atom stereocenters. The van der Waals surface area contributed by atoms with E-state index in [1.165, 1.54) is 0 Å². The van der Waals surface area contributed by atoms with Crippen molar-refractivity contribution in [2.45, 2.75) is 13.0 Å². The number of hydrogen-bond acceptors (Lipinski definition) is 3. The molecule has 102 valence electrons. The Morgan fingerprint density at radius 3 is 2.65 bits per heavy atom. The van der Waals surface area contributed by atoms with Crippen LogP contribution in [-0.2, 0) is 13.0 Å². The van der Waals surface area contributed by atoms with E-state index in [1.54, 1.807) is 12.3 Å². The Kier molecular flexibility index (Phi) is 4.79. The van der Waals surface area contributed by atoms with E-state index in [-0.39, 0.29) is 5.91 Å². The molecule has 20 heavy (non-hydrogen) atoms. The molecule has 1 aromatic carbocycles. The number of rotatable bonds is 5. The van der Waals surface area contributed by atoms with Crippen LogP contribution in [0.5, 0.6) is 0 Å². The first-order valence-electron chi connectivity index (χ1n) is 6.21. The summed E-state index contributed by atoms with van der Waals surface area (Å²) in [5.41, 5.74) is 7.79. The van der Waals surface area contributed by atoms with Crippen LogP contribution in [0.4, 0.5) is 0 Å². The van der Waals surface area contributed by atoms with Crippen LogP contribution in [-0.4, -0.2) is 15.9 Å². The standard InChI is InChI=1S/C15H15N3OS/c16-14(20)9-11-5-1-2-7-13(11)15(19)18-10-12-6-3-4-8-17-12/h1-8H,9-10H2,(H2,16,20)(H,18,19). The van der Waals surface area contributed by atoms with Crippen molar-refractivity contribution in [3.63, 3.8) is 0 Å². The highest BCUT2D eigenvalue weighted by Crippen LogP contribution is 2.10. The lowest BCUT2D eigenvalue weighted by atomic mass is 10.0. The predicted octanol–water partition coefficient (Wildman–Crippen LogP) is 1.84. The summed E-state index contributed by atoms with van der Waals surface area (Å²) in [6, 6.07) is 12.9. The molecule has 0 spiro atoms. The molecule has 3 N–H and O–H groups in total. The average Bonchev–Trinajstić information content (AvgIpc) is 2.46. The third kappa shape index (κ3) is 3.86. The molecule has 2 aromatic rings. The minimum atomic E-state index is -0.150. The number of carbonyl (C=O) groups is 1. The van der Waals surface area contributed by atoms with E-state index < -0.39 is 0 Å². The molecule has 4 nitrogen and oxygen atoms in total. The van der Waals surface area contributed by atoms with Crippen molar-refractivity contribution < 1.29 is 4.79 Å². The van der Waals surface area contributed by atoms with Gasteiger partial charge in [0.25, 0.3) is 5.91 Å². The van der Waals surface area contributed by atoms with Crippen LogP contribution in [0.3, 0.4) is 0 Å². The van der Waals surface area contributed by atoms with E-state index in [9.17, 15) is 4.79 Å². The van der Waals surface area contributed by atoms with Gasteiger partial charge in [0.1, 0.15) is 0 Å². The molecule has 1 heterocycles. The fourth-order valence-corrected chi connectivity index (χ4v) is 2.01. The number of amides is 1. The molecule has 0 aliphatic carbocycles. The van der Waals surface area contributed by atoms with Gasteiger partial charge < -0.3 is 11.1 Å². The van der Waals surface area contributed by atoms with Crippen LogP contribution in [0.1, 0.15) is 21.6 Å². The Balaban J connectivity index is 2.07. The van der Waals surface area contributed by atoms with E-state index in [0.29, 0.717) is 23.5 Å². The van der Waals surface area contributed by atoms with Crippen molar-refractivity contribution in [3.8, 4) is 0 Å². The van der Waals surface area contributed by atoms with Gasteiger partial charge in [-0.15, -0.1) is 0 Å². The Morgan fingerprint density at radius 2 is 1.95 bits per heavy atom. The first kappa shape index (κ1) is 14.1. The molecule has 0 bridgehead atoms. The molecule has 0 saturated heterocycles. The zero-order chi connectivity index (χ0) is 14.4. The van der Waals surface area contributed by atoms with Crippen molar-refractivity contribution >= 4 is 23.1 Å². The summed E-state index contributed by atoms with van der Waals surface area (Å²) in [4.78, 5) is 16.7. The van der Waals surface area contributed by atoms with Gasteiger partial charge in [-0.3, -0.25) is 9.78 Å². The molecule has 1 amide bonds. The van der Waals surface area contributed by atoms with E-state index in [4.69, 9.17) is 18.0 Å². The molecule has 1 aromatic heterocycles. The maximum Gasteiger partial charge on any atom is 0.251 e. The summed E-state index contributed by atoms with van der Waals surface area (Å²) >= 11 is 4.90. The molecular formula is C15H15N3OS. The lowest BCUT2D eigenvalue weighted by Gasteiger charge is -2.09. The summed E-state index contributed by atoms with van der Waals surface area (Å²) in [6.45, 7) is 0.390. The number of carbonyl (C=O) groups excluding carboxylic acids is 1. The van der Waals surface area contributed by atoms with Gasteiger partial charge in [0, 0.05) is 18.2 Å². The Labute approximate surface area is 123 Å². The van der Waals surface area contributed by atoms with Gasteiger partial charge in [0.05, 0.1) is 17.2 Å². The van der Waals surface area contributed by atoms with Crippen molar-refractivity contribution in [2.75, 3.05) is 0 Å². The fourth-order valence-electron chi connectivity index (χ4n) is 1.85. The highest BCUT2D eigenvalue weighted by atomic mass is 32.1. The summed E-state index contributed by atoms with van der Waals surface area (Å²) in [7, 11) is 0. The smallest absolute Gasteiger partial charge is 0.251 e. The Bertz CT molecular complexity index is 614. The molecule has 0 radical (unpaired) electrons. The molecule has 0 saturated carbocycles. The monoisotopic (exact) mass is 285 g/mol. The van der Waals surface area contributed by atoms with Gasteiger partial charge in [-0.1, -0.05) is 36.5 Å². The second-order valence-corrected chi connectivity index (χ2v) is 4.83. The highest BCUT2D eigenvalue weighted by Gasteiger charge is 2.11. The summed E-state index contributed by atoms with van der Waals surface area (Å²) in [6.07, 6.45) is 2.12. The summed E-state index contributed by atoms with van der Waals surface area (Å²) < 4.78 is 0. The second kappa shape index (κ2) is 6.77. The molecule has 0 aliphatic heterocycles. The zero-order valence-electron chi connectivity index (χ0n) is 10.9. The summed E-state index contributed by atoms with van der Waals surface area (Å²) in [5.74, 6) is -0.150. The normalized spacial score (nSPS) is 10.0. The topological polar surface area (TPSA) is 68.0 Å². The first-order chi connectivity index (χ1) is 9.66. The predicted molar refractivity (Wildman–Crippen MR) is 82.3 cm³/mol. The van der Waals surface area contributed by atoms with Gasteiger partial charge in [-0.05, 0) is 23.8 Å². The van der Waals surface area contributed by atoms with E-state index in [1.807, 2.05) is 36.4 Å². The van der Waals surface area contributed by atoms with Gasteiger partial charge >= 0.3 is 0 Å². The lowest BCUT2D eigenvalue weighted by molar-refractivity contribution is 0.0949. The molecule has 2 rings (SSSR count). The van der Waals surface area contributed by atoms with Crippen LogP contribution in [0.25, 0.3) is 0 Å². The number of nitrogens with two attached hydrogens (primary N) is 1. The van der Waals surface area contributed by atoms with Gasteiger partial charge in [0.15, 0.2) is 0 Å². The molecule has 5 heteroatoms. The lowest BCUT2D eigenvalue weighted by Crippen LogP contribution is -2.25. The minimum Gasteiger partial charge on any atom is -0.393 e. The second-order valence-electron chi connectivity index (χ2n) is 4.30. The first-order valence-corrected chi connectivity index (χ1v) is 6.62. The average molecular weight is 285 g/mol. The third-order valence-electron chi connectivity index (χ3n) is 2.78.